The van der Waals surface area contributed by atoms with Gasteiger partial charge in [0.25, 0.3) is 0 Å². The highest BCUT2D eigenvalue weighted by atomic mass is 16.3. The average molecular weight is 330 g/mol. The number of anilines is 1. The topological polar surface area (TPSA) is 61.3 Å². The van der Waals surface area contributed by atoms with Crippen molar-refractivity contribution in [1.82, 2.24) is 15.3 Å². The van der Waals surface area contributed by atoms with Gasteiger partial charge in [0.2, 0.25) is 5.95 Å². The smallest absolute Gasteiger partial charge is 0.225 e. The van der Waals surface area contributed by atoms with E-state index in [1.807, 2.05) is 0 Å². The van der Waals surface area contributed by atoms with E-state index in [0.717, 1.165) is 38.3 Å². The molecule has 0 unspecified atom stereocenters. The number of piperidine rings is 1. The molecule has 0 amide bonds. The van der Waals surface area contributed by atoms with Gasteiger partial charge in [0.05, 0.1) is 5.69 Å². The van der Waals surface area contributed by atoms with Crippen LogP contribution >= 0.6 is 0 Å². The Labute approximate surface area is 144 Å². The maximum Gasteiger partial charge on any atom is 0.225 e. The van der Waals surface area contributed by atoms with Crippen molar-refractivity contribution in [2.75, 3.05) is 24.6 Å². The van der Waals surface area contributed by atoms with Crippen LogP contribution in [0.2, 0.25) is 0 Å². The number of hydrogen-bond donors (Lipinski definition) is 2. The molecule has 1 aromatic rings. The number of hydrogen-bond acceptors (Lipinski definition) is 5. The average Bonchev–Trinajstić information content (AvgIpc) is 3.15. The van der Waals surface area contributed by atoms with E-state index in [2.05, 4.69) is 16.4 Å². The molecule has 5 heteroatoms. The molecule has 2 fully saturated rings. The minimum Gasteiger partial charge on any atom is -0.396 e. The van der Waals surface area contributed by atoms with Crippen molar-refractivity contribution < 1.29 is 5.11 Å². The van der Waals surface area contributed by atoms with Gasteiger partial charge in [-0.25, -0.2) is 9.97 Å². The third-order valence-electron chi connectivity index (χ3n) is 6.12. The third kappa shape index (κ3) is 3.42. The molecule has 0 aromatic carbocycles. The van der Waals surface area contributed by atoms with Crippen molar-refractivity contribution >= 4 is 5.95 Å². The van der Waals surface area contributed by atoms with E-state index in [9.17, 15) is 5.11 Å². The van der Waals surface area contributed by atoms with Crippen LogP contribution < -0.4 is 10.2 Å². The summed E-state index contributed by atoms with van der Waals surface area (Å²) in [6.45, 7) is 2.24. The Morgan fingerprint density at radius 2 is 1.88 bits per heavy atom. The normalized spacial score (nSPS) is 25.9. The zero-order chi connectivity index (χ0) is 16.4. The van der Waals surface area contributed by atoms with Crippen molar-refractivity contribution in [2.24, 2.45) is 5.92 Å². The predicted molar refractivity (Wildman–Crippen MR) is 95.1 cm³/mol. The first-order valence-corrected chi connectivity index (χ1v) is 9.81. The van der Waals surface area contributed by atoms with Gasteiger partial charge >= 0.3 is 0 Å². The zero-order valence-corrected chi connectivity index (χ0v) is 14.6. The van der Waals surface area contributed by atoms with Crippen LogP contribution in [-0.4, -0.2) is 40.8 Å². The minimum absolute atomic E-state index is 0.313. The Bertz CT molecular complexity index is 550. The van der Waals surface area contributed by atoms with Crippen molar-refractivity contribution in [2.45, 2.75) is 69.9 Å². The van der Waals surface area contributed by atoms with Crippen LogP contribution in [-0.2, 0) is 6.42 Å². The first kappa shape index (κ1) is 16.3. The highest BCUT2D eigenvalue weighted by Gasteiger charge is 2.27. The SMILES string of the molecule is OCC1CCN(c2ncc3c(n2)CCC[C@H]3NC2CCCC2)CC1. The van der Waals surface area contributed by atoms with Gasteiger partial charge in [-0.3, -0.25) is 0 Å². The molecule has 4 rings (SSSR count). The van der Waals surface area contributed by atoms with Gasteiger partial charge in [-0.15, -0.1) is 0 Å². The summed E-state index contributed by atoms with van der Waals surface area (Å²) in [5, 5.41) is 13.2. The predicted octanol–water partition coefficient (Wildman–Crippen LogP) is 2.59. The summed E-state index contributed by atoms with van der Waals surface area (Å²) in [7, 11) is 0. The van der Waals surface area contributed by atoms with Crippen LogP contribution in [0.5, 0.6) is 0 Å². The van der Waals surface area contributed by atoms with Gasteiger partial charge in [-0.2, -0.15) is 0 Å². The molecule has 1 aromatic heterocycles. The van der Waals surface area contributed by atoms with E-state index in [-0.39, 0.29) is 0 Å². The zero-order valence-electron chi connectivity index (χ0n) is 14.6. The van der Waals surface area contributed by atoms with E-state index in [0.29, 0.717) is 24.6 Å². The molecule has 24 heavy (non-hydrogen) atoms. The lowest BCUT2D eigenvalue weighted by atomic mass is 9.91. The Kier molecular flexibility index (Phi) is 4.99. The molecule has 132 valence electrons. The van der Waals surface area contributed by atoms with Gasteiger partial charge in [-0.1, -0.05) is 12.8 Å². The number of nitrogens with zero attached hydrogens (tertiary/aromatic N) is 3. The summed E-state index contributed by atoms with van der Waals surface area (Å²) >= 11 is 0. The standard InChI is InChI=1S/C19H30N4O/c24-13-14-8-10-23(11-9-14)19-20-12-16-17(6-3-7-18(16)22-19)21-15-4-1-2-5-15/h12,14-15,17,21,24H,1-11,13H2/t17-/m1/s1. The molecule has 2 heterocycles. The summed E-state index contributed by atoms with van der Waals surface area (Å²) in [6.07, 6.45) is 13.1. The summed E-state index contributed by atoms with van der Waals surface area (Å²) in [6, 6.07) is 1.14. The first-order chi connectivity index (χ1) is 11.8. The molecule has 0 bridgehead atoms. The molecule has 1 atom stereocenters. The van der Waals surface area contributed by atoms with Crippen molar-refractivity contribution in [3.63, 3.8) is 0 Å². The number of aromatic nitrogens is 2. The summed E-state index contributed by atoms with van der Waals surface area (Å²) in [5.41, 5.74) is 2.59. The summed E-state index contributed by atoms with van der Waals surface area (Å²) in [4.78, 5) is 11.9. The molecule has 0 radical (unpaired) electrons. The number of fused-ring (bicyclic) bond motifs is 1. The molecular weight excluding hydrogens is 300 g/mol. The quantitative estimate of drug-likeness (QED) is 0.888. The van der Waals surface area contributed by atoms with Crippen LogP contribution in [0.25, 0.3) is 0 Å². The van der Waals surface area contributed by atoms with Gasteiger partial charge < -0.3 is 15.3 Å². The molecule has 2 aliphatic carbocycles. The van der Waals surface area contributed by atoms with E-state index in [1.54, 1.807) is 0 Å². The Morgan fingerprint density at radius 3 is 2.62 bits per heavy atom. The minimum atomic E-state index is 0.313. The number of aryl methyl sites for hydroxylation is 1. The fourth-order valence-corrected chi connectivity index (χ4v) is 4.55. The van der Waals surface area contributed by atoms with Gasteiger partial charge in [0.1, 0.15) is 0 Å². The largest absolute Gasteiger partial charge is 0.396 e. The Hall–Kier alpha value is -1.20. The number of aliphatic hydroxyl groups excluding tert-OH is 1. The van der Waals surface area contributed by atoms with Crippen LogP contribution in [0.15, 0.2) is 6.20 Å². The Morgan fingerprint density at radius 1 is 1.08 bits per heavy atom. The molecule has 1 aliphatic heterocycles. The number of nitrogens with one attached hydrogen (secondary N) is 1. The second-order valence-corrected chi connectivity index (χ2v) is 7.78. The fraction of sp³-hybridized carbons (Fsp3) is 0.789. The molecule has 5 nitrogen and oxygen atoms in total. The molecule has 1 saturated carbocycles. The molecule has 0 spiro atoms. The number of aliphatic hydroxyl groups is 1. The molecule has 1 saturated heterocycles. The first-order valence-electron chi connectivity index (χ1n) is 9.81. The maximum absolute atomic E-state index is 9.30. The van der Waals surface area contributed by atoms with Crippen LogP contribution in [0.3, 0.4) is 0 Å². The van der Waals surface area contributed by atoms with E-state index in [4.69, 9.17) is 9.97 Å². The van der Waals surface area contributed by atoms with Gasteiger partial charge in [-0.05, 0) is 50.9 Å². The van der Waals surface area contributed by atoms with Crippen molar-refractivity contribution in [1.29, 1.82) is 0 Å². The summed E-state index contributed by atoms with van der Waals surface area (Å²) < 4.78 is 0. The van der Waals surface area contributed by atoms with E-state index >= 15 is 0 Å². The Balaban J connectivity index is 1.46. The lowest BCUT2D eigenvalue weighted by Gasteiger charge is -2.33. The second-order valence-electron chi connectivity index (χ2n) is 7.78. The van der Waals surface area contributed by atoms with Crippen LogP contribution in [0, 0.1) is 5.92 Å². The monoisotopic (exact) mass is 330 g/mol. The molecular formula is C19H30N4O. The summed E-state index contributed by atoms with van der Waals surface area (Å²) in [5.74, 6) is 1.35. The van der Waals surface area contributed by atoms with Crippen molar-refractivity contribution in [3.05, 3.63) is 17.5 Å². The van der Waals surface area contributed by atoms with E-state index < -0.39 is 0 Å². The van der Waals surface area contributed by atoms with Crippen molar-refractivity contribution in [3.8, 4) is 0 Å². The second kappa shape index (κ2) is 7.36. The van der Waals surface area contributed by atoms with Crippen LogP contribution in [0.1, 0.15) is 68.7 Å². The number of rotatable bonds is 4. The highest BCUT2D eigenvalue weighted by Crippen LogP contribution is 2.32. The van der Waals surface area contributed by atoms with Gasteiger partial charge in [0, 0.05) is 43.5 Å². The molecule has 3 aliphatic rings. The van der Waals surface area contributed by atoms with Crippen LogP contribution in [0.4, 0.5) is 5.95 Å². The van der Waals surface area contributed by atoms with E-state index in [1.165, 1.54) is 49.8 Å². The maximum atomic E-state index is 9.30. The fourth-order valence-electron chi connectivity index (χ4n) is 4.55. The molecule has 2 N–H and O–H groups in total. The van der Waals surface area contributed by atoms with Gasteiger partial charge in [0.15, 0.2) is 0 Å². The lowest BCUT2D eigenvalue weighted by molar-refractivity contribution is 0.202. The lowest BCUT2D eigenvalue weighted by Crippen LogP contribution is -2.37. The highest BCUT2D eigenvalue weighted by molar-refractivity contribution is 5.36. The third-order valence-corrected chi connectivity index (χ3v) is 6.12.